The Hall–Kier alpha value is -0.670. The summed E-state index contributed by atoms with van der Waals surface area (Å²) in [6, 6.07) is 5.56. The SMILES string of the molecule is CSc1cc(N)ccc1CC(=O)CCl. The molecule has 0 spiro atoms. The first-order chi connectivity index (χ1) is 6.67. The second-order valence-corrected chi connectivity index (χ2v) is 4.04. The molecular weight excluding hydrogens is 218 g/mol. The minimum absolute atomic E-state index is 0.0340. The number of carbonyl (C=O) groups excluding carboxylic acids is 1. The number of hydrogen-bond acceptors (Lipinski definition) is 3. The van der Waals surface area contributed by atoms with E-state index in [-0.39, 0.29) is 11.7 Å². The summed E-state index contributed by atoms with van der Waals surface area (Å²) in [5.74, 6) is 0.102. The van der Waals surface area contributed by atoms with E-state index in [2.05, 4.69) is 0 Å². The van der Waals surface area contributed by atoms with Gasteiger partial charge in [0.15, 0.2) is 5.78 Å². The molecule has 2 N–H and O–H groups in total. The Balaban J connectivity index is 2.90. The molecule has 76 valence electrons. The van der Waals surface area contributed by atoms with E-state index < -0.39 is 0 Å². The molecule has 0 fully saturated rings. The lowest BCUT2D eigenvalue weighted by atomic mass is 10.1. The van der Waals surface area contributed by atoms with Crippen molar-refractivity contribution in [2.45, 2.75) is 11.3 Å². The van der Waals surface area contributed by atoms with Crippen molar-refractivity contribution < 1.29 is 4.79 Å². The van der Waals surface area contributed by atoms with Gasteiger partial charge in [-0.15, -0.1) is 23.4 Å². The summed E-state index contributed by atoms with van der Waals surface area (Å²) in [4.78, 5) is 12.2. The normalized spacial score (nSPS) is 10.1. The molecule has 0 heterocycles. The Morgan fingerprint density at radius 2 is 2.29 bits per heavy atom. The summed E-state index contributed by atoms with van der Waals surface area (Å²) in [6.07, 6.45) is 2.35. The zero-order valence-electron chi connectivity index (χ0n) is 7.92. The van der Waals surface area contributed by atoms with Crippen molar-refractivity contribution in [2.75, 3.05) is 17.9 Å². The maximum absolute atomic E-state index is 11.2. The predicted octanol–water partition coefficient (Wildman–Crippen LogP) is 2.34. The number of nitrogens with two attached hydrogens (primary N) is 1. The molecule has 1 aromatic rings. The van der Waals surface area contributed by atoms with Crippen molar-refractivity contribution in [2.24, 2.45) is 0 Å². The van der Waals surface area contributed by atoms with Crippen molar-refractivity contribution in [3.8, 4) is 0 Å². The smallest absolute Gasteiger partial charge is 0.151 e. The van der Waals surface area contributed by atoms with Crippen LogP contribution in [-0.4, -0.2) is 17.9 Å². The molecule has 4 heteroatoms. The van der Waals surface area contributed by atoms with Gasteiger partial charge in [0.2, 0.25) is 0 Å². The first kappa shape index (κ1) is 11.4. The molecule has 0 aliphatic heterocycles. The van der Waals surface area contributed by atoms with E-state index in [0.29, 0.717) is 6.42 Å². The van der Waals surface area contributed by atoms with Crippen LogP contribution in [0.2, 0.25) is 0 Å². The number of nitrogen functional groups attached to an aromatic ring is 1. The van der Waals surface area contributed by atoms with Crippen LogP contribution in [0.5, 0.6) is 0 Å². The van der Waals surface area contributed by atoms with Gasteiger partial charge in [-0.2, -0.15) is 0 Å². The minimum atomic E-state index is 0.0340. The van der Waals surface area contributed by atoms with Crippen LogP contribution in [0.3, 0.4) is 0 Å². The van der Waals surface area contributed by atoms with Gasteiger partial charge in [0.25, 0.3) is 0 Å². The molecule has 0 saturated carbocycles. The lowest BCUT2D eigenvalue weighted by Crippen LogP contribution is -2.05. The first-order valence-corrected chi connectivity index (χ1v) is 5.93. The molecule has 0 amide bonds. The second-order valence-electron chi connectivity index (χ2n) is 2.92. The quantitative estimate of drug-likeness (QED) is 0.490. The first-order valence-electron chi connectivity index (χ1n) is 4.17. The Kier molecular flexibility index (Phi) is 4.29. The third-order valence-corrected chi connectivity index (χ3v) is 2.97. The molecule has 0 saturated heterocycles. The average molecular weight is 230 g/mol. The molecule has 0 radical (unpaired) electrons. The molecule has 0 aliphatic carbocycles. The van der Waals surface area contributed by atoms with E-state index in [1.165, 1.54) is 0 Å². The highest BCUT2D eigenvalue weighted by Gasteiger charge is 2.06. The van der Waals surface area contributed by atoms with Crippen LogP contribution in [0.4, 0.5) is 5.69 Å². The molecule has 1 rings (SSSR count). The number of benzene rings is 1. The monoisotopic (exact) mass is 229 g/mol. The van der Waals surface area contributed by atoms with Crippen LogP contribution in [-0.2, 0) is 11.2 Å². The molecular formula is C10H12ClNOS. The average Bonchev–Trinajstić information content (AvgIpc) is 2.20. The van der Waals surface area contributed by atoms with Crippen molar-refractivity contribution in [1.82, 2.24) is 0 Å². The van der Waals surface area contributed by atoms with E-state index in [9.17, 15) is 4.79 Å². The molecule has 0 atom stereocenters. The molecule has 0 unspecified atom stereocenters. The van der Waals surface area contributed by atoms with Crippen molar-refractivity contribution in [3.63, 3.8) is 0 Å². The standard InChI is InChI=1S/C10H12ClNOS/c1-14-10-5-8(12)3-2-7(10)4-9(13)6-11/h2-3,5H,4,6,12H2,1H3. The zero-order chi connectivity index (χ0) is 10.6. The minimum Gasteiger partial charge on any atom is -0.399 e. The largest absolute Gasteiger partial charge is 0.399 e. The van der Waals surface area contributed by atoms with Crippen LogP contribution < -0.4 is 5.73 Å². The van der Waals surface area contributed by atoms with Gasteiger partial charge >= 0.3 is 0 Å². The molecule has 14 heavy (non-hydrogen) atoms. The summed E-state index contributed by atoms with van der Waals surface area (Å²) in [6.45, 7) is 0. The van der Waals surface area contributed by atoms with Crippen LogP contribution in [0, 0.1) is 0 Å². The number of hydrogen-bond donors (Lipinski definition) is 1. The van der Waals surface area contributed by atoms with Gasteiger partial charge < -0.3 is 5.73 Å². The number of rotatable bonds is 4. The van der Waals surface area contributed by atoms with Gasteiger partial charge in [0.05, 0.1) is 5.88 Å². The maximum Gasteiger partial charge on any atom is 0.151 e. The highest BCUT2D eigenvalue weighted by atomic mass is 35.5. The lowest BCUT2D eigenvalue weighted by molar-refractivity contribution is -0.116. The van der Waals surface area contributed by atoms with E-state index in [4.69, 9.17) is 17.3 Å². The second kappa shape index (κ2) is 5.27. The number of ketones is 1. The summed E-state index contributed by atoms with van der Waals surface area (Å²) in [5, 5.41) is 0. The number of anilines is 1. The lowest BCUT2D eigenvalue weighted by Gasteiger charge is -2.06. The van der Waals surface area contributed by atoms with Gasteiger partial charge in [0, 0.05) is 17.0 Å². The van der Waals surface area contributed by atoms with E-state index in [0.717, 1.165) is 16.1 Å². The van der Waals surface area contributed by atoms with Gasteiger partial charge in [-0.3, -0.25) is 4.79 Å². The topological polar surface area (TPSA) is 43.1 Å². The Labute approximate surface area is 92.8 Å². The fourth-order valence-corrected chi connectivity index (χ4v) is 1.92. The fourth-order valence-electron chi connectivity index (χ4n) is 1.17. The van der Waals surface area contributed by atoms with Gasteiger partial charge in [-0.25, -0.2) is 0 Å². The van der Waals surface area contributed by atoms with Crippen LogP contribution in [0.1, 0.15) is 5.56 Å². The van der Waals surface area contributed by atoms with Gasteiger partial charge in [-0.1, -0.05) is 6.07 Å². The van der Waals surface area contributed by atoms with Gasteiger partial charge in [0.1, 0.15) is 0 Å². The van der Waals surface area contributed by atoms with Gasteiger partial charge in [-0.05, 0) is 24.0 Å². The highest BCUT2D eigenvalue weighted by Crippen LogP contribution is 2.23. The van der Waals surface area contributed by atoms with Crippen LogP contribution in [0.25, 0.3) is 0 Å². The summed E-state index contributed by atoms with van der Waals surface area (Å²) in [7, 11) is 0. The summed E-state index contributed by atoms with van der Waals surface area (Å²) in [5.41, 5.74) is 7.36. The summed E-state index contributed by atoms with van der Waals surface area (Å²) >= 11 is 7.03. The maximum atomic E-state index is 11.2. The molecule has 0 aromatic heterocycles. The Bertz CT molecular complexity index is 341. The molecule has 0 bridgehead atoms. The number of alkyl halides is 1. The number of Topliss-reactive ketones (excluding diaryl/α,β-unsaturated/α-hetero) is 1. The zero-order valence-corrected chi connectivity index (χ0v) is 9.49. The van der Waals surface area contributed by atoms with Crippen LogP contribution in [0.15, 0.2) is 23.1 Å². The highest BCUT2D eigenvalue weighted by molar-refractivity contribution is 7.98. The number of carbonyl (C=O) groups is 1. The van der Waals surface area contributed by atoms with Crippen molar-refractivity contribution in [3.05, 3.63) is 23.8 Å². The Morgan fingerprint density at radius 1 is 1.57 bits per heavy atom. The number of thioether (sulfide) groups is 1. The Morgan fingerprint density at radius 3 is 2.86 bits per heavy atom. The molecule has 1 aromatic carbocycles. The van der Waals surface area contributed by atoms with E-state index >= 15 is 0 Å². The third kappa shape index (κ3) is 2.93. The molecule has 2 nitrogen and oxygen atoms in total. The van der Waals surface area contributed by atoms with Crippen LogP contribution >= 0.6 is 23.4 Å². The molecule has 0 aliphatic rings. The predicted molar refractivity (Wildman–Crippen MR) is 62.1 cm³/mol. The number of halogens is 1. The van der Waals surface area contributed by atoms with E-state index in [1.54, 1.807) is 17.8 Å². The summed E-state index contributed by atoms with van der Waals surface area (Å²) < 4.78 is 0. The third-order valence-electron chi connectivity index (χ3n) is 1.85. The van der Waals surface area contributed by atoms with E-state index in [1.807, 2.05) is 18.4 Å². The fraction of sp³-hybridized carbons (Fsp3) is 0.300. The van der Waals surface area contributed by atoms with Crippen molar-refractivity contribution in [1.29, 1.82) is 0 Å². The van der Waals surface area contributed by atoms with Crippen molar-refractivity contribution >= 4 is 34.8 Å².